The molecule has 0 unspecified atom stereocenters. The van der Waals surface area contributed by atoms with E-state index in [1.807, 2.05) is 36.7 Å². The second-order valence-corrected chi connectivity index (χ2v) is 4.07. The Balaban J connectivity index is 2.03. The number of ether oxygens (including phenoxy) is 1. The van der Waals surface area contributed by atoms with Crippen LogP contribution < -0.4 is 10.5 Å². The average molecular weight is 243 g/mol. The largest absolute Gasteiger partial charge is 0.497 e. The van der Waals surface area contributed by atoms with Crippen molar-refractivity contribution in [3.05, 3.63) is 53.6 Å². The first kappa shape index (κ1) is 12.5. The van der Waals surface area contributed by atoms with E-state index in [2.05, 4.69) is 9.97 Å². The molecule has 18 heavy (non-hydrogen) atoms. The molecule has 1 aromatic heterocycles. The van der Waals surface area contributed by atoms with E-state index in [9.17, 15) is 0 Å². The van der Waals surface area contributed by atoms with Crippen LogP contribution in [0.5, 0.6) is 5.75 Å². The molecule has 0 atom stereocenters. The van der Waals surface area contributed by atoms with Gasteiger partial charge in [0.1, 0.15) is 11.6 Å². The molecule has 2 rings (SSSR count). The number of hydrogen-bond acceptors (Lipinski definition) is 4. The van der Waals surface area contributed by atoms with Crippen molar-refractivity contribution in [1.29, 1.82) is 0 Å². The van der Waals surface area contributed by atoms with Crippen LogP contribution in [0.4, 0.5) is 0 Å². The van der Waals surface area contributed by atoms with Crippen molar-refractivity contribution >= 4 is 0 Å². The highest BCUT2D eigenvalue weighted by Crippen LogP contribution is 2.13. The summed E-state index contributed by atoms with van der Waals surface area (Å²) in [5.41, 5.74) is 7.73. The second kappa shape index (κ2) is 6.12. The van der Waals surface area contributed by atoms with Crippen molar-refractivity contribution in [2.24, 2.45) is 5.73 Å². The molecule has 0 bridgehead atoms. The maximum Gasteiger partial charge on any atom is 0.132 e. The lowest BCUT2D eigenvalue weighted by atomic mass is 10.1. The maximum absolute atomic E-state index is 5.48. The summed E-state index contributed by atoms with van der Waals surface area (Å²) in [5, 5.41) is 0. The van der Waals surface area contributed by atoms with Crippen LogP contribution in [0.1, 0.15) is 17.0 Å². The summed E-state index contributed by atoms with van der Waals surface area (Å²) in [7, 11) is 1.66. The topological polar surface area (TPSA) is 61.0 Å². The van der Waals surface area contributed by atoms with Gasteiger partial charge in [0, 0.05) is 18.8 Å². The molecule has 4 nitrogen and oxygen atoms in total. The van der Waals surface area contributed by atoms with Crippen molar-refractivity contribution in [3.8, 4) is 5.75 Å². The van der Waals surface area contributed by atoms with Crippen LogP contribution in [0.2, 0.25) is 0 Å². The number of nitrogens with two attached hydrogens (primary N) is 1. The van der Waals surface area contributed by atoms with Crippen LogP contribution in [0.3, 0.4) is 0 Å². The summed E-state index contributed by atoms with van der Waals surface area (Å²) in [4.78, 5) is 8.67. The molecular weight excluding hydrogens is 226 g/mol. The Morgan fingerprint density at radius 1 is 1.06 bits per heavy atom. The van der Waals surface area contributed by atoms with E-state index in [0.717, 1.165) is 30.0 Å². The van der Waals surface area contributed by atoms with E-state index in [1.54, 1.807) is 7.11 Å². The zero-order chi connectivity index (χ0) is 12.8. The third-order valence-electron chi connectivity index (χ3n) is 2.71. The lowest BCUT2D eigenvalue weighted by Crippen LogP contribution is -2.04. The smallest absolute Gasteiger partial charge is 0.132 e. The number of nitrogens with zero attached hydrogens (tertiary/aromatic N) is 2. The minimum atomic E-state index is 0.626. The third kappa shape index (κ3) is 3.28. The van der Waals surface area contributed by atoms with E-state index in [1.165, 1.54) is 5.56 Å². The van der Waals surface area contributed by atoms with Crippen LogP contribution in [0.15, 0.2) is 36.7 Å². The molecule has 0 spiro atoms. The molecule has 0 aliphatic carbocycles. The first-order chi connectivity index (χ1) is 8.81. The molecule has 2 aromatic rings. The predicted molar refractivity (Wildman–Crippen MR) is 70.6 cm³/mol. The minimum absolute atomic E-state index is 0.626. The van der Waals surface area contributed by atoms with Crippen molar-refractivity contribution < 1.29 is 4.74 Å². The maximum atomic E-state index is 5.48. The molecule has 4 heteroatoms. The summed E-state index contributed by atoms with van der Waals surface area (Å²) in [6.45, 7) is 0.626. The molecule has 0 saturated carbocycles. The molecule has 1 aromatic carbocycles. The van der Waals surface area contributed by atoms with Gasteiger partial charge in [0.15, 0.2) is 0 Å². The zero-order valence-corrected chi connectivity index (χ0v) is 10.5. The minimum Gasteiger partial charge on any atom is -0.497 e. The number of benzene rings is 1. The number of rotatable bonds is 5. The number of aromatic nitrogens is 2. The van der Waals surface area contributed by atoms with Gasteiger partial charge in [-0.2, -0.15) is 0 Å². The van der Waals surface area contributed by atoms with Gasteiger partial charge in [-0.15, -0.1) is 0 Å². The van der Waals surface area contributed by atoms with E-state index in [0.29, 0.717) is 6.54 Å². The van der Waals surface area contributed by atoms with Gasteiger partial charge >= 0.3 is 0 Å². The van der Waals surface area contributed by atoms with Crippen LogP contribution in [0.25, 0.3) is 0 Å². The van der Waals surface area contributed by atoms with Gasteiger partial charge in [-0.25, -0.2) is 9.97 Å². The zero-order valence-electron chi connectivity index (χ0n) is 10.5. The van der Waals surface area contributed by atoms with Crippen molar-refractivity contribution in [2.75, 3.05) is 13.7 Å². The standard InChI is InChI=1S/C14H17N3O/c1-18-13-4-2-11(3-5-13)8-14-16-9-12(6-7-15)10-17-14/h2-5,9-10H,6-8,15H2,1H3. The molecular formula is C14H17N3O. The highest BCUT2D eigenvalue weighted by atomic mass is 16.5. The normalized spacial score (nSPS) is 10.3. The first-order valence-electron chi connectivity index (χ1n) is 5.94. The van der Waals surface area contributed by atoms with E-state index in [4.69, 9.17) is 10.5 Å². The van der Waals surface area contributed by atoms with Crippen molar-refractivity contribution in [3.63, 3.8) is 0 Å². The van der Waals surface area contributed by atoms with Crippen LogP contribution in [-0.4, -0.2) is 23.6 Å². The Morgan fingerprint density at radius 3 is 2.28 bits per heavy atom. The van der Waals surface area contributed by atoms with Crippen molar-refractivity contribution in [2.45, 2.75) is 12.8 Å². The van der Waals surface area contributed by atoms with E-state index < -0.39 is 0 Å². The Hall–Kier alpha value is -1.94. The van der Waals surface area contributed by atoms with Gasteiger partial charge in [-0.05, 0) is 36.2 Å². The number of hydrogen-bond donors (Lipinski definition) is 1. The second-order valence-electron chi connectivity index (χ2n) is 4.07. The molecule has 1 heterocycles. The summed E-state index contributed by atoms with van der Waals surface area (Å²) in [6, 6.07) is 7.93. The van der Waals surface area contributed by atoms with Gasteiger partial charge < -0.3 is 10.5 Å². The van der Waals surface area contributed by atoms with Gasteiger partial charge in [0.05, 0.1) is 7.11 Å². The Labute approximate surface area is 107 Å². The molecule has 0 amide bonds. The lowest BCUT2D eigenvalue weighted by Gasteiger charge is -2.03. The Morgan fingerprint density at radius 2 is 1.72 bits per heavy atom. The Kier molecular flexibility index (Phi) is 4.25. The van der Waals surface area contributed by atoms with Crippen LogP contribution in [0, 0.1) is 0 Å². The van der Waals surface area contributed by atoms with E-state index >= 15 is 0 Å². The summed E-state index contributed by atoms with van der Waals surface area (Å²) in [5.74, 6) is 1.68. The molecule has 0 saturated heterocycles. The fraction of sp³-hybridized carbons (Fsp3) is 0.286. The average Bonchev–Trinajstić information content (AvgIpc) is 2.42. The fourth-order valence-corrected chi connectivity index (χ4v) is 1.69. The fourth-order valence-electron chi connectivity index (χ4n) is 1.69. The van der Waals surface area contributed by atoms with Crippen LogP contribution in [-0.2, 0) is 12.8 Å². The predicted octanol–water partition coefficient (Wildman–Crippen LogP) is 1.58. The first-order valence-corrected chi connectivity index (χ1v) is 5.94. The molecule has 2 N–H and O–H groups in total. The monoisotopic (exact) mass is 243 g/mol. The number of methoxy groups -OCH3 is 1. The Bertz CT molecular complexity index is 479. The molecule has 0 aliphatic rings. The lowest BCUT2D eigenvalue weighted by molar-refractivity contribution is 0.414. The molecule has 0 fully saturated rings. The van der Waals surface area contributed by atoms with Gasteiger partial charge in [0.25, 0.3) is 0 Å². The van der Waals surface area contributed by atoms with Crippen molar-refractivity contribution in [1.82, 2.24) is 9.97 Å². The summed E-state index contributed by atoms with van der Waals surface area (Å²) >= 11 is 0. The van der Waals surface area contributed by atoms with E-state index in [-0.39, 0.29) is 0 Å². The summed E-state index contributed by atoms with van der Waals surface area (Å²) < 4.78 is 5.12. The molecule has 0 radical (unpaired) electrons. The van der Waals surface area contributed by atoms with Gasteiger partial charge in [-0.3, -0.25) is 0 Å². The summed E-state index contributed by atoms with van der Waals surface area (Å²) in [6.07, 6.45) is 5.24. The SMILES string of the molecule is COc1ccc(Cc2ncc(CCN)cn2)cc1. The highest BCUT2D eigenvalue weighted by Gasteiger charge is 2.00. The molecule has 0 aliphatic heterocycles. The molecule has 94 valence electrons. The quantitative estimate of drug-likeness (QED) is 0.866. The van der Waals surface area contributed by atoms with Crippen LogP contribution >= 0.6 is 0 Å². The third-order valence-corrected chi connectivity index (χ3v) is 2.71. The van der Waals surface area contributed by atoms with Gasteiger partial charge in [0.2, 0.25) is 0 Å². The van der Waals surface area contributed by atoms with Gasteiger partial charge in [-0.1, -0.05) is 12.1 Å². The highest BCUT2D eigenvalue weighted by molar-refractivity contribution is 5.28.